The van der Waals surface area contributed by atoms with Crippen molar-refractivity contribution in [1.82, 2.24) is 0 Å². The van der Waals surface area contributed by atoms with Crippen LogP contribution in [0.25, 0.3) is 0 Å². The maximum Gasteiger partial charge on any atom is 0.213 e. The summed E-state index contributed by atoms with van der Waals surface area (Å²) in [4.78, 5) is 0. The fraction of sp³-hybridized carbons (Fsp3) is 0.647. The third kappa shape index (κ3) is 14.8. The number of aryl methyl sites for hydroxylation is 1. The van der Waals surface area contributed by atoms with Crippen molar-refractivity contribution in [3.8, 4) is 5.75 Å². The van der Waals surface area contributed by atoms with Crippen LogP contribution in [0.15, 0.2) is 24.3 Å². The summed E-state index contributed by atoms with van der Waals surface area (Å²) in [5.41, 5.74) is 0.912. The van der Waals surface area contributed by atoms with E-state index in [0.29, 0.717) is 0 Å². The second-order valence-electron chi connectivity index (χ2n) is 7.04. The quantitative estimate of drug-likeness (QED) is 0.566. The zero-order valence-corrected chi connectivity index (χ0v) is 16.7. The maximum atomic E-state index is 5.66. The van der Waals surface area contributed by atoms with Crippen LogP contribution in [0.3, 0.4) is 0 Å². The standard InChI is InChI=1S/C11H16O.C6H11Cl3O/c1-9-5-7-10(8-6-9)12-11(2,3)4;1-5(2,3)10-4-6(7,8)9/h5-8H,1-4H3;4H2,1-3H3. The molecule has 0 bridgehead atoms. The number of hydrogen-bond donors (Lipinski definition) is 0. The van der Waals surface area contributed by atoms with Crippen LogP contribution in [0.4, 0.5) is 0 Å². The molecule has 0 amide bonds. The number of rotatable bonds is 2. The SMILES string of the molecule is CC(C)(C)OCC(Cl)(Cl)Cl.Cc1ccc(OC(C)(C)C)cc1. The Bertz CT molecular complexity index is 409. The van der Waals surface area contributed by atoms with Gasteiger partial charge >= 0.3 is 0 Å². The van der Waals surface area contributed by atoms with Crippen LogP contribution in [0.1, 0.15) is 47.1 Å². The first-order chi connectivity index (χ1) is 9.68. The minimum Gasteiger partial charge on any atom is -0.488 e. The number of hydrogen-bond acceptors (Lipinski definition) is 2. The van der Waals surface area contributed by atoms with Crippen molar-refractivity contribution < 1.29 is 9.47 Å². The Morgan fingerprint density at radius 1 is 0.818 bits per heavy atom. The average Bonchev–Trinajstić information content (AvgIpc) is 2.27. The molecule has 0 unspecified atom stereocenters. The van der Waals surface area contributed by atoms with E-state index >= 15 is 0 Å². The fourth-order valence-corrected chi connectivity index (χ4v) is 1.42. The summed E-state index contributed by atoms with van der Waals surface area (Å²) in [6.45, 7) is 14.1. The van der Waals surface area contributed by atoms with Gasteiger partial charge in [-0.2, -0.15) is 0 Å². The van der Waals surface area contributed by atoms with E-state index in [-0.39, 0.29) is 17.8 Å². The molecule has 0 aliphatic carbocycles. The Kier molecular flexibility index (Phi) is 8.57. The lowest BCUT2D eigenvalue weighted by molar-refractivity contribution is 0.000132. The molecule has 5 heteroatoms. The van der Waals surface area contributed by atoms with Gasteiger partial charge in [0.2, 0.25) is 3.79 Å². The third-order valence-corrected chi connectivity index (χ3v) is 2.44. The summed E-state index contributed by atoms with van der Waals surface area (Å²) < 4.78 is 9.56. The Hall–Kier alpha value is -0.150. The topological polar surface area (TPSA) is 18.5 Å². The van der Waals surface area contributed by atoms with Crippen molar-refractivity contribution in [3.05, 3.63) is 29.8 Å². The Morgan fingerprint density at radius 3 is 1.55 bits per heavy atom. The van der Waals surface area contributed by atoms with Crippen molar-refractivity contribution in [2.24, 2.45) is 0 Å². The molecule has 0 N–H and O–H groups in total. The molecule has 1 rings (SSSR count). The van der Waals surface area contributed by atoms with Gasteiger partial charge in [0.15, 0.2) is 0 Å². The molecule has 22 heavy (non-hydrogen) atoms. The van der Waals surface area contributed by atoms with Crippen molar-refractivity contribution in [1.29, 1.82) is 0 Å². The van der Waals surface area contributed by atoms with E-state index in [1.54, 1.807) is 0 Å². The molecular weight excluding hydrogens is 343 g/mol. The first kappa shape index (κ1) is 21.9. The lowest BCUT2D eigenvalue weighted by atomic mass is 10.2. The highest BCUT2D eigenvalue weighted by Crippen LogP contribution is 2.27. The first-order valence-electron chi connectivity index (χ1n) is 7.14. The molecule has 128 valence electrons. The summed E-state index contributed by atoms with van der Waals surface area (Å²) in [7, 11) is 0. The van der Waals surface area contributed by atoms with Crippen LogP contribution in [0.2, 0.25) is 0 Å². The van der Waals surface area contributed by atoms with E-state index in [1.807, 2.05) is 53.7 Å². The van der Waals surface area contributed by atoms with Gasteiger partial charge < -0.3 is 9.47 Å². The monoisotopic (exact) mass is 368 g/mol. The Morgan fingerprint density at radius 2 is 1.27 bits per heavy atom. The van der Waals surface area contributed by atoms with Gasteiger partial charge in [0.05, 0.1) is 12.2 Å². The van der Waals surface area contributed by atoms with Gasteiger partial charge in [-0.3, -0.25) is 0 Å². The van der Waals surface area contributed by atoms with Crippen LogP contribution < -0.4 is 4.74 Å². The third-order valence-electron chi connectivity index (χ3n) is 2.11. The molecule has 2 nitrogen and oxygen atoms in total. The van der Waals surface area contributed by atoms with E-state index < -0.39 is 3.79 Å². The van der Waals surface area contributed by atoms with Gasteiger partial charge in [0, 0.05) is 0 Å². The smallest absolute Gasteiger partial charge is 0.213 e. The van der Waals surface area contributed by atoms with Gasteiger partial charge in [-0.1, -0.05) is 52.5 Å². The van der Waals surface area contributed by atoms with Crippen molar-refractivity contribution in [2.75, 3.05) is 6.61 Å². The van der Waals surface area contributed by atoms with Crippen LogP contribution >= 0.6 is 34.8 Å². The summed E-state index contributed by atoms with van der Waals surface area (Å²) in [6.07, 6.45) is 0. The normalized spacial score (nSPS) is 12.5. The maximum absolute atomic E-state index is 5.66. The highest BCUT2D eigenvalue weighted by molar-refractivity contribution is 6.67. The van der Waals surface area contributed by atoms with Gasteiger partial charge in [0.25, 0.3) is 0 Å². The lowest BCUT2D eigenvalue weighted by Crippen LogP contribution is -2.25. The second kappa shape index (κ2) is 8.63. The van der Waals surface area contributed by atoms with Gasteiger partial charge in [0.1, 0.15) is 11.4 Å². The predicted molar refractivity (Wildman–Crippen MR) is 97.6 cm³/mol. The fourth-order valence-electron chi connectivity index (χ4n) is 1.26. The molecule has 0 aromatic heterocycles. The van der Waals surface area contributed by atoms with E-state index in [1.165, 1.54) is 5.56 Å². The summed E-state index contributed by atoms with van der Waals surface area (Å²) >= 11 is 16.3. The summed E-state index contributed by atoms with van der Waals surface area (Å²) in [6, 6.07) is 8.11. The Labute approximate surface area is 150 Å². The largest absolute Gasteiger partial charge is 0.488 e. The van der Waals surface area contributed by atoms with Gasteiger partial charge in [-0.15, -0.1) is 0 Å². The number of halogens is 3. The zero-order valence-electron chi connectivity index (χ0n) is 14.5. The molecule has 0 aliphatic heterocycles. The van der Waals surface area contributed by atoms with Crippen molar-refractivity contribution in [2.45, 2.75) is 63.5 Å². The van der Waals surface area contributed by atoms with Crippen LogP contribution in [0.5, 0.6) is 5.75 Å². The predicted octanol–water partition coefficient (Wildman–Crippen LogP) is 6.34. The molecule has 0 heterocycles. The van der Waals surface area contributed by atoms with Crippen LogP contribution in [-0.2, 0) is 4.74 Å². The molecule has 0 radical (unpaired) electrons. The van der Waals surface area contributed by atoms with Gasteiger partial charge in [-0.05, 0) is 60.6 Å². The molecule has 0 aliphatic rings. The second-order valence-corrected chi connectivity index (χ2v) is 9.56. The summed E-state index contributed by atoms with van der Waals surface area (Å²) in [5, 5.41) is 0. The molecule has 0 saturated carbocycles. The minimum atomic E-state index is -1.30. The molecule has 0 spiro atoms. The molecule has 0 atom stereocenters. The highest BCUT2D eigenvalue weighted by atomic mass is 35.6. The van der Waals surface area contributed by atoms with Crippen LogP contribution in [-0.4, -0.2) is 21.6 Å². The van der Waals surface area contributed by atoms with Crippen molar-refractivity contribution in [3.63, 3.8) is 0 Å². The molecule has 0 fully saturated rings. The van der Waals surface area contributed by atoms with Crippen LogP contribution in [0, 0.1) is 6.92 Å². The number of benzene rings is 1. The molecular formula is C17H27Cl3O2. The minimum absolute atomic E-state index is 0.102. The van der Waals surface area contributed by atoms with E-state index in [4.69, 9.17) is 44.3 Å². The average molecular weight is 370 g/mol. The van der Waals surface area contributed by atoms with E-state index in [0.717, 1.165) is 5.75 Å². The molecule has 1 aromatic carbocycles. The van der Waals surface area contributed by atoms with E-state index in [9.17, 15) is 0 Å². The first-order valence-corrected chi connectivity index (χ1v) is 8.28. The highest BCUT2D eigenvalue weighted by Gasteiger charge is 2.23. The van der Waals surface area contributed by atoms with E-state index in [2.05, 4.69) is 19.1 Å². The number of alkyl halides is 3. The van der Waals surface area contributed by atoms with Gasteiger partial charge in [-0.25, -0.2) is 0 Å². The lowest BCUT2D eigenvalue weighted by Gasteiger charge is -2.22. The van der Waals surface area contributed by atoms with Crippen molar-refractivity contribution >= 4 is 34.8 Å². The molecule has 1 aromatic rings. The summed E-state index contributed by atoms with van der Waals surface area (Å²) in [5.74, 6) is 0.938. The zero-order chi connectivity index (χ0) is 17.6. The number of ether oxygens (including phenoxy) is 2. The molecule has 0 saturated heterocycles. The Balaban J connectivity index is 0.000000409.